The van der Waals surface area contributed by atoms with Crippen LogP contribution in [0.1, 0.15) is 23.4 Å². The lowest BCUT2D eigenvalue weighted by Gasteiger charge is -2.06. The summed E-state index contributed by atoms with van der Waals surface area (Å²) in [6.45, 7) is 4.83. The number of imidazole rings is 1. The van der Waals surface area contributed by atoms with Gasteiger partial charge in [-0.25, -0.2) is 4.98 Å². The normalized spacial score (nSPS) is 11.0. The third-order valence-electron chi connectivity index (χ3n) is 4.20. The van der Waals surface area contributed by atoms with E-state index >= 15 is 0 Å². The van der Waals surface area contributed by atoms with Crippen LogP contribution in [0.25, 0.3) is 11.0 Å². The zero-order valence-corrected chi connectivity index (χ0v) is 15.5. The topological polar surface area (TPSA) is 57.8 Å². The number of fused-ring (bicyclic) bond motifs is 1. The van der Waals surface area contributed by atoms with Crippen molar-refractivity contribution in [3.05, 3.63) is 59.4 Å². The lowest BCUT2D eigenvalue weighted by Crippen LogP contribution is -2.26. The number of nitrogens with one attached hydrogen (secondary N) is 2. The highest BCUT2D eigenvalue weighted by molar-refractivity contribution is 7.99. The van der Waals surface area contributed by atoms with Crippen LogP contribution < -0.4 is 5.32 Å². The summed E-state index contributed by atoms with van der Waals surface area (Å²) in [5, 5.41) is 2.97. The molecule has 1 aromatic heterocycles. The van der Waals surface area contributed by atoms with Gasteiger partial charge in [0.05, 0.1) is 11.0 Å². The Kier molecular flexibility index (Phi) is 5.76. The smallest absolute Gasteiger partial charge is 0.220 e. The fraction of sp³-hybridized carbons (Fsp3) is 0.300. The van der Waals surface area contributed by atoms with Gasteiger partial charge in [0.1, 0.15) is 5.82 Å². The molecule has 4 nitrogen and oxygen atoms in total. The number of nitrogens with zero attached hydrogens (tertiary/aromatic N) is 1. The van der Waals surface area contributed by atoms with E-state index in [1.54, 1.807) is 11.8 Å². The van der Waals surface area contributed by atoms with Crippen LogP contribution in [0, 0.1) is 13.8 Å². The Balaban J connectivity index is 1.38. The zero-order chi connectivity index (χ0) is 17.6. The molecule has 0 aliphatic carbocycles. The van der Waals surface area contributed by atoms with Gasteiger partial charge in [-0.15, -0.1) is 11.8 Å². The second-order valence-electron chi connectivity index (χ2n) is 6.15. The maximum Gasteiger partial charge on any atom is 0.220 e. The predicted octanol–water partition coefficient (Wildman–Crippen LogP) is 4.02. The first-order valence-electron chi connectivity index (χ1n) is 8.52. The van der Waals surface area contributed by atoms with Crippen molar-refractivity contribution < 1.29 is 4.79 Å². The predicted molar refractivity (Wildman–Crippen MR) is 104 cm³/mol. The number of carbonyl (C=O) groups excluding carboxylic acids is 1. The van der Waals surface area contributed by atoms with Gasteiger partial charge in [-0.1, -0.05) is 18.2 Å². The Hall–Kier alpha value is -2.27. The average molecular weight is 353 g/mol. The van der Waals surface area contributed by atoms with E-state index < -0.39 is 0 Å². The van der Waals surface area contributed by atoms with Gasteiger partial charge >= 0.3 is 0 Å². The van der Waals surface area contributed by atoms with E-state index in [0.717, 1.165) is 22.6 Å². The number of amides is 1. The monoisotopic (exact) mass is 353 g/mol. The molecule has 0 saturated heterocycles. The van der Waals surface area contributed by atoms with E-state index in [1.165, 1.54) is 16.0 Å². The summed E-state index contributed by atoms with van der Waals surface area (Å²) in [7, 11) is 0. The maximum absolute atomic E-state index is 12.0. The van der Waals surface area contributed by atoms with Crippen LogP contribution >= 0.6 is 11.8 Å². The van der Waals surface area contributed by atoms with Gasteiger partial charge in [0, 0.05) is 30.0 Å². The second-order valence-corrected chi connectivity index (χ2v) is 7.31. The number of aryl methyl sites for hydroxylation is 2. The number of thioether (sulfide) groups is 1. The van der Waals surface area contributed by atoms with E-state index in [-0.39, 0.29) is 5.91 Å². The van der Waals surface area contributed by atoms with Crippen LogP contribution in [-0.2, 0) is 11.2 Å². The number of para-hydroxylation sites is 2. The number of hydrogen-bond acceptors (Lipinski definition) is 3. The van der Waals surface area contributed by atoms with Crippen molar-refractivity contribution in [2.24, 2.45) is 0 Å². The first-order valence-corrected chi connectivity index (χ1v) is 9.51. The van der Waals surface area contributed by atoms with Gasteiger partial charge in [-0.05, 0) is 49.2 Å². The molecule has 1 amide bonds. The molecular weight excluding hydrogens is 330 g/mol. The molecule has 2 aromatic carbocycles. The van der Waals surface area contributed by atoms with Gasteiger partial charge in [-0.2, -0.15) is 0 Å². The first kappa shape index (κ1) is 17.5. The summed E-state index contributed by atoms with van der Waals surface area (Å²) < 4.78 is 0. The summed E-state index contributed by atoms with van der Waals surface area (Å²) >= 11 is 1.73. The molecule has 1 heterocycles. The molecular formula is C20H23N3OS. The number of aromatic amines is 1. The standard InChI is InChI=1S/C20H23N3OS/c1-14-7-8-16(13-15(14)2)25-12-10-20(24)21-11-9-19-22-17-5-3-4-6-18(17)23-19/h3-8,13H,9-12H2,1-2H3,(H,21,24)(H,22,23). The van der Waals surface area contributed by atoms with E-state index in [1.807, 2.05) is 24.3 Å². The minimum atomic E-state index is 0.0902. The quantitative estimate of drug-likeness (QED) is 0.631. The van der Waals surface area contributed by atoms with Crippen LogP contribution in [0.2, 0.25) is 0 Å². The Morgan fingerprint density at radius 3 is 2.80 bits per heavy atom. The van der Waals surface area contributed by atoms with Crippen molar-refractivity contribution in [1.29, 1.82) is 0 Å². The number of aromatic nitrogens is 2. The summed E-state index contributed by atoms with van der Waals surface area (Å²) in [6.07, 6.45) is 1.24. The highest BCUT2D eigenvalue weighted by Gasteiger charge is 2.05. The van der Waals surface area contributed by atoms with E-state index in [2.05, 4.69) is 47.3 Å². The van der Waals surface area contributed by atoms with Crippen LogP contribution in [0.5, 0.6) is 0 Å². The van der Waals surface area contributed by atoms with E-state index in [4.69, 9.17) is 0 Å². The van der Waals surface area contributed by atoms with Crippen LogP contribution in [-0.4, -0.2) is 28.2 Å². The van der Waals surface area contributed by atoms with Crippen molar-refractivity contribution in [1.82, 2.24) is 15.3 Å². The molecule has 5 heteroatoms. The molecule has 3 aromatic rings. The number of rotatable bonds is 7. The fourth-order valence-electron chi connectivity index (χ4n) is 2.60. The van der Waals surface area contributed by atoms with E-state index in [9.17, 15) is 4.79 Å². The molecule has 130 valence electrons. The number of benzene rings is 2. The Bertz CT molecular complexity index is 839. The van der Waals surface area contributed by atoms with Gasteiger partial charge < -0.3 is 10.3 Å². The lowest BCUT2D eigenvalue weighted by molar-refractivity contribution is -0.120. The third-order valence-corrected chi connectivity index (χ3v) is 5.19. The zero-order valence-electron chi connectivity index (χ0n) is 14.6. The fourth-order valence-corrected chi connectivity index (χ4v) is 3.55. The largest absolute Gasteiger partial charge is 0.356 e. The number of carbonyl (C=O) groups is 1. The van der Waals surface area contributed by atoms with Crippen LogP contribution in [0.3, 0.4) is 0 Å². The summed E-state index contributed by atoms with van der Waals surface area (Å²) in [5.74, 6) is 1.79. The minimum Gasteiger partial charge on any atom is -0.356 e. The Morgan fingerprint density at radius 2 is 2.00 bits per heavy atom. The second kappa shape index (κ2) is 8.21. The molecule has 0 radical (unpaired) electrons. The minimum absolute atomic E-state index is 0.0902. The van der Waals surface area contributed by atoms with Crippen molar-refractivity contribution in [2.45, 2.75) is 31.6 Å². The SMILES string of the molecule is Cc1ccc(SCCC(=O)NCCc2nc3ccccc3[nH]2)cc1C. The molecule has 0 saturated carbocycles. The highest BCUT2D eigenvalue weighted by atomic mass is 32.2. The van der Waals surface area contributed by atoms with Crippen LogP contribution in [0.15, 0.2) is 47.4 Å². The van der Waals surface area contributed by atoms with Gasteiger partial charge in [0.25, 0.3) is 0 Å². The maximum atomic E-state index is 12.0. The molecule has 25 heavy (non-hydrogen) atoms. The lowest BCUT2D eigenvalue weighted by atomic mass is 10.1. The molecule has 0 bridgehead atoms. The molecule has 0 unspecified atom stereocenters. The Morgan fingerprint density at radius 1 is 1.16 bits per heavy atom. The summed E-state index contributed by atoms with van der Waals surface area (Å²) in [6, 6.07) is 14.4. The van der Waals surface area contributed by atoms with Crippen molar-refractivity contribution in [3.63, 3.8) is 0 Å². The number of H-pyrrole nitrogens is 1. The summed E-state index contributed by atoms with van der Waals surface area (Å²) in [5.41, 5.74) is 4.59. The van der Waals surface area contributed by atoms with E-state index in [0.29, 0.717) is 19.4 Å². The van der Waals surface area contributed by atoms with Crippen molar-refractivity contribution in [3.8, 4) is 0 Å². The molecule has 0 aliphatic rings. The Labute approximate surface area is 152 Å². The van der Waals surface area contributed by atoms with Gasteiger partial charge in [0.15, 0.2) is 0 Å². The van der Waals surface area contributed by atoms with Gasteiger partial charge in [0.2, 0.25) is 5.91 Å². The molecule has 0 atom stereocenters. The molecule has 0 spiro atoms. The molecule has 0 fully saturated rings. The average Bonchev–Trinajstić information content (AvgIpc) is 3.01. The molecule has 0 aliphatic heterocycles. The number of hydrogen-bond donors (Lipinski definition) is 2. The van der Waals surface area contributed by atoms with Crippen molar-refractivity contribution >= 4 is 28.7 Å². The van der Waals surface area contributed by atoms with Crippen LogP contribution in [0.4, 0.5) is 0 Å². The highest BCUT2D eigenvalue weighted by Crippen LogP contribution is 2.21. The molecule has 2 N–H and O–H groups in total. The van der Waals surface area contributed by atoms with Gasteiger partial charge in [-0.3, -0.25) is 4.79 Å². The molecule has 3 rings (SSSR count). The third kappa shape index (κ3) is 4.86. The first-order chi connectivity index (χ1) is 12.1. The summed E-state index contributed by atoms with van der Waals surface area (Å²) in [4.78, 5) is 21.0. The van der Waals surface area contributed by atoms with Crippen molar-refractivity contribution in [2.75, 3.05) is 12.3 Å².